The van der Waals surface area contributed by atoms with Gasteiger partial charge in [-0.1, -0.05) is 38.1 Å². The Labute approximate surface area is 169 Å². The van der Waals surface area contributed by atoms with Gasteiger partial charge in [-0.3, -0.25) is 4.79 Å². The molecule has 1 unspecified atom stereocenters. The predicted octanol–water partition coefficient (Wildman–Crippen LogP) is 4.13. The maximum atomic E-state index is 13.3. The molecule has 5 heteroatoms. The number of benzene rings is 1. The van der Waals surface area contributed by atoms with Crippen LogP contribution in [0, 0.1) is 5.92 Å². The third kappa shape index (κ3) is 5.27. The first-order chi connectivity index (χ1) is 13.3. The summed E-state index contributed by atoms with van der Waals surface area (Å²) in [5.41, 5.74) is 2.52. The Hall–Kier alpha value is -2.04. The molecule has 0 spiro atoms. The smallest absolute Gasteiger partial charge is 0.317 e. The zero-order chi connectivity index (χ0) is 20.3. The van der Waals surface area contributed by atoms with E-state index in [9.17, 15) is 9.59 Å². The summed E-state index contributed by atoms with van der Waals surface area (Å²) in [7, 11) is 0. The molecule has 28 heavy (non-hydrogen) atoms. The van der Waals surface area contributed by atoms with Crippen LogP contribution in [0.4, 0.5) is 4.79 Å². The molecular weight excluding hydrogens is 350 g/mol. The van der Waals surface area contributed by atoms with Crippen molar-refractivity contribution >= 4 is 11.9 Å². The lowest BCUT2D eigenvalue weighted by molar-refractivity contribution is -0.138. The van der Waals surface area contributed by atoms with E-state index in [-0.39, 0.29) is 23.9 Å². The van der Waals surface area contributed by atoms with Crippen molar-refractivity contribution < 1.29 is 9.59 Å². The maximum Gasteiger partial charge on any atom is 0.317 e. The molecule has 0 bridgehead atoms. The number of carbonyl (C=O) groups excluding carboxylic acids is 2. The average Bonchev–Trinajstić information content (AvgIpc) is 3.50. The van der Waals surface area contributed by atoms with Crippen LogP contribution in [-0.4, -0.2) is 46.9 Å². The lowest BCUT2D eigenvalue weighted by Crippen LogP contribution is -2.51. The van der Waals surface area contributed by atoms with Crippen LogP contribution in [0.1, 0.15) is 70.4 Å². The molecule has 0 radical (unpaired) electrons. The van der Waals surface area contributed by atoms with Gasteiger partial charge < -0.3 is 15.1 Å². The maximum absolute atomic E-state index is 13.3. The van der Waals surface area contributed by atoms with Crippen molar-refractivity contribution in [2.24, 2.45) is 5.92 Å². The normalized spacial score (nSPS) is 19.8. The van der Waals surface area contributed by atoms with E-state index < -0.39 is 0 Å². The summed E-state index contributed by atoms with van der Waals surface area (Å²) in [4.78, 5) is 29.6. The minimum Gasteiger partial charge on any atom is -0.336 e. The number of urea groups is 1. The molecule has 3 amide bonds. The van der Waals surface area contributed by atoms with E-state index in [0.717, 1.165) is 32.2 Å². The van der Waals surface area contributed by atoms with Crippen molar-refractivity contribution in [3.8, 4) is 0 Å². The molecule has 1 aromatic carbocycles. The Morgan fingerprint density at radius 1 is 1.11 bits per heavy atom. The second-order valence-corrected chi connectivity index (χ2v) is 8.98. The number of nitrogens with zero attached hydrogens (tertiary/aromatic N) is 2. The molecule has 5 nitrogen and oxygen atoms in total. The van der Waals surface area contributed by atoms with Crippen LogP contribution >= 0.6 is 0 Å². The van der Waals surface area contributed by atoms with E-state index >= 15 is 0 Å². The molecule has 1 aliphatic heterocycles. The van der Waals surface area contributed by atoms with Gasteiger partial charge in [-0.2, -0.15) is 0 Å². The second kappa shape index (κ2) is 8.97. The number of amides is 3. The van der Waals surface area contributed by atoms with Crippen molar-refractivity contribution in [2.45, 2.75) is 77.9 Å². The Balaban J connectivity index is 1.65. The summed E-state index contributed by atoms with van der Waals surface area (Å²) >= 11 is 0. The number of hydrogen-bond acceptors (Lipinski definition) is 2. The molecule has 1 aliphatic carbocycles. The van der Waals surface area contributed by atoms with Crippen LogP contribution in [0.25, 0.3) is 0 Å². The quantitative estimate of drug-likeness (QED) is 0.800. The summed E-state index contributed by atoms with van der Waals surface area (Å²) in [6.07, 6.45) is 3.96. The number of nitrogens with one attached hydrogen (secondary N) is 1. The molecule has 1 aromatic rings. The molecule has 2 fully saturated rings. The second-order valence-electron chi connectivity index (χ2n) is 8.98. The number of rotatable bonds is 6. The molecule has 1 atom stereocenters. The first kappa shape index (κ1) is 20.7. The van der Waals surface area contributed by atoms with Crippen LogP contribution in [0.5, 0.6) is 0 Å². The van der Waals surface area contributed by atoms with Gasteiger partial charge in [0.25, 0.3) is 0 Å². The summed E-state index contributed by atoms with van der Waals surface area (Å²) in [5, 5.41) is 2.95. The standard InChI is InChI=1S/C23H35N3O2/c1-16(2)19-9-7-18(8-10-19)14-26(21-11-12-21)22(27)20-6-5-13-25(15-20)23(28)24-17(3)4/h7-10,16-17,20-21H,5-6,11-15H2,1-4H3,(H,24,28). The molecule has 2 aliphatic rings. The Morgan fingerprint density at radius 3 is 2.36 bits per heavy atom. The van der Waals surface area contributed by atoms with Crippen molar-refractivity contribution in [3.63, 3.8) is 0 Å². The van der Waals surface area contributed by atoms with E-state index in [1.807, 2.05) is 18.7 Å². The lowest BCUT2D eigenvalue weighted by atomic mass is 9.96. The zero-order valence-corrected chi connectivity index (χ0v) is 17.8. The van der Waals surface area contributed by atoms with Crippen LogP contribution in [0.3, 0.4) is 0 Å². The Bertz CT molecular complexity index is 680. The molecule has 154 valence electrons. The van der Waals surface area contributed by atoms with E-state index in [2.05, 4.69) is 48.3 Å². The van der Waals surface area contributed by atoms with Crippen LogP contribution in [-0.2, 0) is 11.3 Å². The fourth-order valence-electron chi connectivity index (χ4n) is 3.91. The highest BCUT2D eigenvalue weighted by atomic mass is 16.2. The number of carbonyl (C=O) groups is 2. The van der Waals surface area contributed by atoms with E-state index in [1.54, 1.807) is 0 Å². The third-order valence-corrected chi connectivity index (χ3v) is 5.74. The summed E-state index contributed by atoms with van der Waals surface area (Å²) in [6, 6.07) is 9.09. The van der Waals surface area contributed by atoms with Crippen LogP contribution in [0.2, 0.25) is 0 Å². The van der Waals surface area contributed by atoms with E-state index in [1.165, 1.54) is 11.1 Å². The van der Waals surface area contributed by atoms with Gasteiger partial charge in [0.15, 0.2) is 0 Å². The minimum absolute atomic E-state index is 0.0465. The molecule has 1 heterocycles. The van der Waals surface area contributed by atoms with Gasteiger partial charge in [0.2, 0.25) is 5.91 Å². The molecule has 0 aromatic heterocycles. The van der Waals surface area contributed by atoms with Crippen molar-refractivity contribution in [1.82, 2.24) is 15.1 Å². The highest BCUT2D eigenvalue weighted by Crippen LogP contribution is 2.31. The number of hydrogen-bond donors (Lipinski definition) is 1. The number of piperidine rings is 1. The highest BCUT2D eigenvalue weighted by molar-refractivity contribution is 5.81. The average molecular weight is 386 g/mol. The first-order valence-corrected chi connectivity index (χ1v) is 10.8. The minimum atomic E-state index is -0.0813. The summed E-state index contributed by atoms with van der Waals surface area (Å²) in [6.45, 7) is 10.3. The SMILES string of the molecule is CC(C)NC(=O)N1CCCC(C(=O)N(Cc2ccc(C(C)C)cc2)C2CC2)C1. The molecular formula is C23H35N3O2. The summed E-state index contributed by atoms with van der Waals surface area (Å²) < 4.78 is 0. The topological polar surface area (TPSA) is 52.7 Å². The monoisotopic (exact) mass is 385 g/mol. The van der Waals surface area contributed by atoms with Gasteiger partial charge in [0.1, 0.15) is 0 Å². The van der Waals surface area contributed by atoms with Gasteiger partial charge in [-0.05, 0) is 56.6 Å². The number of likely N-dealkylation sites (tertiary alicyclic amines) is 1. The van der Waals surface area contributed by atoms with Crippen LogP contribution in [0.15, 0.2) is 24.3 Å². The van der Waals surface area contributed by atoms with Crippen LogP contribution < -0.4 is 5.32 Å². The van der Waals surface area contributed by atoms with E-state index in [0.29, 0.717) is 25.0 Å². The molecule has 3 rings (SSSR count). The zero-order valence-electron chi connectivity index (χ0n) is 17.8. The Kier molecular flexibility index (Phi) is 6.63. The predicted molar refractivity (Wildman–Crippen MR) is 112 cm³/mol. The van der Waals surface area contributed by atoms with Crippen molar-refractivity contribution in [2.75, 3.05) is 13.1 Å². The van der Waals surface area contributed by atoms with Gasteiger partial charge in [-0.25, -0.2) is 4.79 Å². The fourth-order valence-corrected chi connectivity index (χ4v) is 3.91. The van der Waals surface area contributed by atoms with Gasteiger partial charge >= 0.3 is 6.03 Å². The van der Waals surface area contributed by atoms with Crippen molar-refractivity contribution in [1.29, 1.82) is 0 Å². The molecule has 1 saturated heterocycles. The van der Waals surface area contributed by atoms with Gasteiger partial charge in [-0.15, -0.1) is 0 Å². The van der Waals surface area contributed by atoms with Crippen molar-refractivity contribution in [3.05, 3.63) is 35.4 Å². The summed E-state index contributed by atoms with van der Waals surface area (Å²) in [5.74, 6) is 0.653. The molecule has 1 N–H and O–H groups in total. The highest BCUT2D eigenvalue weighted by Gasteiger charge is 2.38. The Morgan fingerprint density at radius 2 is 1.79 bits per heavy atom. The lowest BCUT2D eigenvalue weighted by Gasteiger charge is -2.35. The van der Waals surface area contributed by atoms with Gasteiger partial charge in [0, 0.05) is 31.7 Å². The van der Waals surface area contributed by atoms with Gasteiger partial charge in [0.05, 0.1) is 5.92 Å². The first-order valence-electron chi connectivity index (χ1n) is 10.8. The fraction of sp³-hybridized carbons (Fsp3) is 0.652. The largest absolute Gasteiger partial charge is 0.336 e. The third-order valence-electron chi connectivity index (χ3n) is 5.74. The van der Waals surface area contributed by atoms with E-state index in [4.69, 9.17) is 0 Å². The molecule has 1 saturated carbocycles.